The number of hydrogen-bond donors (Lipinski definition) is 1. The summed E-state index contributed by atoms with van der Waals surface area (Å²) in [7, 11) is 0. The van der Waals surface area contributed by atoms with E-state index in [9.17, 15) is 0 Å². The van der Waals surface area contributed by atoms with Crippen LogP contribution in [-0.4, -0.2) is 18.2 Å². The van der Waals surface area contributed by atoms with Crippen molar-refractivity contribution in [2.24, 2.45) is 16.6 Å². The highest BCUT2D eigenvalue weighted by molar-refractivity contribution is 5.73. The van der Waals surface area contributed by atoms with Crippen LogP contribution in [0, 0.1) is 5.92 Å². The Bertz CT molecular complexity index is 198. The summed E-state index contributed by atoms with van der Waals surface area (Å²) in [6.07, 6.45) is 3.65. The zero-order chi connectivity index (χ0) is 7.90. The molecule has 0 aromatic carbocycles. The van der Waals surface area contributed by atoms with Crippen molar-refractivity contribution < 1.29 is 4.74 Å². The minimum Gasteiger partial charge on any atom is -0.463 e. The molecule has 1 saturated carbocycles. The van der Waals surface area contributed by atoms with Crippen molar-refractivity contribution >= 4 is 6.02 Å². The fourth-order valence-corrected chi connectivity index (χ4v) is 1.78. The van der Waals surface area contributed by atoms with E-state index in [0.717, 1.165) is 12.3 Å². The molecule has 0 saturated heterocycles. The number of amidine groups is 1. The maximum Gasteiger partial charge on any atom is 0.282 e. The standard InChI is InChI=1S/C8H14N2O/c1-2-8(6-3-4-6)5-11-7(9)10-8/h6H,2-5H2,1H3,(H2,9,10). The van der Waals surface area contributed by atoms with Gasteiger partial charge < -0.3 is 10.5 Å². The number of aliphatic imine (C=N–C) groups is 1. The predicted octanol–water partition coefficient (Wildman–Crippen LogP) is 0.890. The van der Waals surface area contributed by atoms with E-state index < -0.39 is 0 Å². The first-order valence-corrected chi connectivity index (χ1v) is 4.25. The van der Waals surface area contributed by atoms with Gasteiger partial charge in [0.25, 0.3) is 6.02 Å². The van der Waals surface area contributed by atoms with Crippen molar-refractivity contribution in [3.63, 3.8) is 0 Å². The quantitative estimate of drug-likeness (QED) is 0.642. The van der Waals surface area contributed by atoms with Crippen molar-refractivity contribution in [1.82, 2.24) is 0 Å². The first-order chi connectivity index (χ1) is 5.27. The predicted molar refractivity (Wildman–Crippen MR) is 43.3 cm³/mol. The fourth-order valence-electron chi connectivity index (χ4n) is 1.78. The van der Waals surface area contributed by atoms with Gasteiger partial charge in [0.2, 0.25) is 0 Å². The second kappa shape index (κ2) is 2.13. The Balaban J connectivity index is 2.17. The fraction of sp³-hybridized carbons (Fsp3) is 0.875. The normalized spacial score (nSPS) is 36.6. The van der Waals surface area contributed by atoms with Crippen LogP contribution in [0.25, 0.3) is 0 Å². The molecule has 0 aromatic heterocycles. The average molecular weight is 154 g/mol. The van der Waals surface area contributed by atoms with Gasteiger partial charge in [0.15, 0.2) is 0 Å². The Morgan fingerprint density at radius 2 is 2.45 bits per heavy atom. The maximum atomic E-state index is 5.48. The van der Waals surface area contributed by atoms with Crippen molar-refractivity contribution in [3.8, 4) is 0 Å². The lowest BCUT2D eigenvalue weighted by Gasteiger charge is -2.20. The zero-order valence-electron chi connectivity index (χ0n) is 6.84. The summed E-state index contributed by atoms with van der Waals surface area (Å²) in [5.74, 6) is 0.744. The van der Waals surface area contributed by atoms with Crippen LogP contribution in [0.4, 0.5) is 0 Å². The highest BCUT2D eigenvalue weighted by Gasteiger charge is 2.47. The van der Waals surface area contributed by atoms with Gasteiger partial charge in [0, 0.05) is 0 Å². The van der Waals surface area contributed by atoms with Gasteiger partial charge in [-0.25, -0.2) is 4.99 Å². The van der Waals surface area contributed by atoms with Crippen LogP contribution < -0.4 is 5.73 Å². The van der Waals surface area contributed by atoms with Gasteiger partial charge in [-0.3, -0.25) is 0 Å². The van der Waals surface area contributed by atoms with Crippen molar-refractivity contribution in [2.75, 3.05) is 6.61 Å². The minimum absolute atomic E-state index is 0.0596. The third kappa shape index (κ3) is 0.988. The van der Waals surface area contributed by atoms with Gasteiger partial charge in [-0.15, -0.1) is 0 Å². The van der Waals surface area contributed by atoms with Gasteiger partial charge in [-0.1, -0.05) is 6.92 Å². The molecule has 0 spiro atoms. The SMILES string of the molecule is CCC1(C2CC2)COC(N)=N1. The minimum atomic E-state index is 0.0596. The van der Waals surface area contributed by atoms with E-state index in [-0.39, 0.29) is 5.54 Å². The van der Waals surface area contributed by atoms with E-state index in [1.807, 2.05) is 0 Å². The highest BCUT2D eigenvalue weighted by atomic mass is 16.5. The molecule has 0 aromatic rings. The molecule has 2 rings (SSSR count). The van der Waals surface area contributed by atoms with Gasteiger partial charge >= 0.3 is 0 Å². The smallest absolute Gasteiger partial charge is 0.282 e. The molecule has 0 amide bonds. The molecule has 3 nitrogen and oxygen atoms in total. The summed E-state index contributed by atoms with van der Waals surface area (Å²) in [5.41, 5.74) is 5.54. The molecule has 1 aliphatic carbocycles. The van der Waals surface area contributed by atoms with E-state index in [4.69, 9.17) is 10.5 Å². The summed E-state index contributed by atoms with van der Waals surface area (Å²) in [6.45, 7) is 2.86. The van der Waals surface area contributed by atoms with E-state index in [1.54, 1.807) is 0 Å². The van der Waals surface area contributed by atoms with Crippen LogP contribution in [0.2, 0.25) is 0 Å². The number of nitrogens with two attached hydrogens (primary N) is 1. The second-order valence-corrected chi connectivity index (χ2v) is 3.47. The first-order valence-electron chi connectivity index (χ1n) is 4.25. The van der Waals surface area contributed by atoms with Crippen LogP contribution in [0.3, 0.4) is 0 Å². The third-order valence-corrected chi connectivity index (χ3v) is 2.75. The molecule has 1 atom stereocenters. The maximum absolute atomic E-state index is 5.48. The molecule has 11 heavy (non-hydrogen) atoms. The summed E-state index contributed by atoms with van der Waals surface area (Å²) >= 11 is 0. The lowest BCUT2D eigenvalue weighted by Crippen LogP contribution is -2.29. The highest BCUT2D eigenvalue weighted by Crippen LogP contribution is 2.45. The summed E-state index contributed by atoms with van der Waals surface area (Å²) < 4.78 is 5.19. The average Bonchev–Trinajstić information content (AvgIpc) is 2.77. The van der Waals surface area contributed by atoms with E-state index in [1.165, 1.54) is 12.8 Å². The van der Waals surface area contributed by atoms with Crippen LogP contribution in [0.1, 0.15) is 26.2 Å². The number of rotatable bonds is 2. The summed E-state index contributed by atoms with van der Waals surface area (Å²) in [4.78, 5) is 4.37. The third-order valence-electron chi connectivity index (χ3n) is 2.75. The molecule has 2 aliphatic rings. The first kappa shape index (κ1) is 6.95. The Morgan fingerprint density at radius 3 is 2.82 bits per heavy atom. The number of nitrogens with zero attached hydrogens (tertiary/aromatic N) is 1. The van der Waals surface area contributed by atoms with E-state index >= 15 is 0 Å². The molecule has 1 fully saturated rings. The zero-order valence-corrected chi connectivity index (χ0v) is 6.84. The summed E-state index contributed by atoms with van der Waals surface area (Å²) in [5, 5.41) is 0. The van der Waals surface area contributed by atoms with E-state index in [0.29, 0.717) is 12.6 Å². The largest absolute Gasteiger partial charge is 0.463 e. The Kier molecular flexibility index (Phi) is 1.34. The topological polar surface area (TPSA) is 47.6 Å². The molecule has 1 aliphatic heterocycles. The van der Waals surface area contributed by atoms with Gasteiger partial charge in [0.1, 0.15) is 12.1 Å². The number of hydrogen-bond acceptors (Lipinski definition) is 3. The molecule has 1 unspecified atom stereocenters. The molecule has 3 heteroatoms. The lowest BCUT2D eigenvalue weighted by atomic mass is 9.93. The van der Waals surface area contributed by atoms with Crippen LogP contribution >= 0.6 is 0 Å². The van der Waals surface area contributed by atoms with Gasteiger partial charge in [-0.05, 0) is 25.2 Å². The van der Waals surface area contributed by atoms with Crippen molar-refractivity contribution in [3.05, 3.63) is 0 Å². The Morgan fingerprint density at radius 1 is 1.73 bits per heavy atom. The van der Waals surface area contributed by atoms with Crippen LogP contribution in [-0.2, 0) is 4.74 Å². The lowest BCUT2D eigenvalue weighted by molar-refractivity contribution is 0.226. The molecular weight excluding hydrogens is 140 g/mol. The Labute approximate surface area is 66.6 Å². The number of ether oxygens (including phenoxy) is 1. The second-order valence-electron chi connectivity index (χ2n) is 3.47. The molecular formula is C8H14N2O. The molecule has 0 radical (unpaired) electrons. The van der Waals surface area contributed by atoms with Crippen LogP contribution in [0.5, 0.6) is 0 Å². The van der Waals surface area contributed by atoms with Gasteiger partial charge in [0.05, 0.1) is 0 Å². The van der Waals surface area contributed by atoms with Crippen molar-refractivity contribution in [2.45, 2.75) is 31.7 Å². The molecule has 62 valence electrons. The Hall–Kier alpha value is -0.730. The molecule has 1 heterocycles. The summed E-state index contributed by atoms with van der Waals surface area (Å²) in [6, 6.07) is 0.388. The molecule has 0 bridgehead atoms. The van der Waals surface area contributed by atoms with Crippen LogP contribution in [0.15, 0.2) is 4.99 Å². The molecule has 2 N–H and O–H groups in total. The van der Waals surface area contributed by atoms with E-state index in [2.05, 4.69) is 11.9 Å². The monoisotopic (exact) mass is 154 g/mol. The van der Waals surface area contributed by atoms with Gasteiger partial charge in [-0.2, -0.15) is 0 Å². The van der Waals surface area contributed by atoms with Crippen molar-refractivity contribution in [1.29, 1.82) is 0 Å².